The first-order valence-corrected chi connectivity index (χ1v) is 18.2. The lowest BCUT2D eigenvalue weighted by molar-refractivity contribution is -0.150. The van der Waals surface area contributed by atoms with E-state index in [1.54, 1.807) is 17.3 Å². The van der Waals surface area contributed by atoms with Gasteiger partial charge in [0, 0.05) is 69.1 Å². The molecular formula is C33H42BrN9O9S. The minimum atomic E-state index is -1.26. The van der Waals surface area contributed by atoms with Gasteiger partial charge < -0.3 is 40.0 Å². The van der Waals surface area contributed by atoms with Gasteiger partial charge in [0.25, 0.3) is 5.88 Å². The zero-order chi connectivity index (χ0) is 38.4. The van der Waals surface area contributed by atoms with Gasteiger partial charge in [0.05, 0.1) is 47.2 Å². The van der Waals surface area contributed by atoms with Crippen molar-refractivity contribution in [3.05, 3.63) is 41.2 Å². The molecule has 53 heavy (non-hydrogen) atoms. The van der Waals surface area contributed by atoms with Crippen molar-refractivity contribution < 1.29 is 43.6 Å². The van der Waals surface area contributed by atoms with Crippen molar-refractivity contribution in [1.29, 1.82) is 0 Å². The van der Waals surface area contributed by atoms with E-state index in [1.165, 1.54) is 0 Å². The van der Waals surface area contributed by atoms with Gasteiger partial charge in [-0.1, -0.05) is 0 Å². The van der Waals surface area contributed by atoms with Crippen LogP contribution in [0.1, 0.15) is 40.0 Å². The Morgan fingerprint density at radius 2 is 1.75 bits per heavy atom. The van der Waals surface area contributed by atoms with Crippen molar-refractivity contribution >= 4 is 80.0 Å². The maximum absolute atomic E-state index is 13.1. The Labute approximate surface area is 318 Å². The summed E-state index contributed by atoms with van der Waals surface area (Å²) < 4.78 is 26.7. The largest absolute Gasteiger partial charge is 0.478 e. The second-order valence-corrected chi connectivity index (χ2v) is 14.0. The molecule has 1 aromatic carbocycles. The summed E-state index contributed by atoms with van der Waals surface area (Å²) in [5, 5.41) is 22.2. The third kappa shape index (κ3) is 13.3. The van der Waals surface area contributed by atoms with E-state index in [9.17, 15) is 19.2 Å². The fourth-order valence-electron chi connectivity index (χ4n) is 4.88. The topological polar surface area (TPSA) is 231 Å². The summed E-state index contributed by atoms with van der Waals surface area (Å²) in [6.45, 7) is 10.2. The molecule has 1 atom stereocenters. The predicted octanol–water partition coefficient (Wildman–Crippen LogP) is 2.95. The smallest absolute Gasteiger partial charge is 0.328 e. The van der Waals surface area contributed by atoms with Crippen molar-refractivity contribution in [2.45, 2.75) is 51.7 Å². The number of carboxylic acids is 2. The van der Waals surface area contributed by atoms with E-state index in [1.807, 2.05) is 32.9 Å². The highest BCUT2D eigenvalue weighted by Gasteiger charge is 2.26. The van der Waals surface area contributed by atoms with Gasteiger partial charge in [-0.25, -0.2) is 9.59 Å². The molecule has 18 nitrogen and oxygen atoms in total. The van der Waals surface area contributed by atoms with Crippen LogP contribution in [0.5, 0.6) is 5.88 Å². The quantitative estimate of drug-likeness (QED) is 0.135. The summed E-state index contributed by atoms with van der Waals surface area (Å²) >= 11 is 4.67. The normalized spacial score (nSPS) is 15.1. The number of hydrogen-bond acceptors (Lipinski definition) is 16. The standard InChI is InChI=1S/C29H38BrN9O5S.C4H4O4/c1-29(2,3)34-17-19(18-43-27-26(36-45-37-27)38-13-15-42-16-14-38)44-23(41)6-4-5-22(40)39-12-11-33-28(39)35-20-7-8-21-25(24(20)30)32-10-9-31-21;5-3(6)1-2-4(7)8/h7-10,19,34H,4-6,11-18H2,1-3H3,(H,33,35);1-2H,(H,5,6)(H,7,8)/b;2-1-/t19-;/m0./s1. The average molecular weight is 821 g/mol. The van der Waals surface area contributed by atoms with Crippen molar-refractivity contribution in [2.75, 3.05) is 62.8 Å². The molecule has 0 unspecified atom stereocenters. The van der Waals surface area contributed by atoms with Crippen molar-refractivity contribution in [3.63, 3.8) is 0 Å². The summed E-state index contributed by atoms with van der Waals surface area (Å²) in [7, 11) is 0. The number of carbonyl (C=O) groups excluding carboxylic acids is 2. The summed E-state index contributed by atoms with van der Waals surface area (Å²) in [5.74, 6) is -1.47. The van der Waals surface area contributed by atoms with E-state index in [0.29, 0.717) is 87.7 Å². The van der Waals surface area contributed by atoms with Gasteiger partial charge >= 0.3 is 17.9 Å². The highest BCUT2D eigenvalue weighted by molar-refractivity contribution is 9.10. The number of ether oxygens (including phenoxy) is 3. The molecule has 4 heterocycles. The number of benzene rings is 1. The Bertz CT molecular complexity index is 1780. The Hall–Kier alpha value is -4.79. The lowest BCUT2D eigenvalue weighted by Crippen LogP contribution is -2.44. The van der Waals surface area contributed by atoms with Gasteiger partial charge in [-0.05, 0) is 55.3 Å². The van der Waals surface area contributed by atoms with Crippen LogP contribution >= 0.6 is 27.7 Å². The van der Waals surface area contributed by atoms with Crippen LogP contribution in [0.15, 0.2) is 46.1 Å². The molecule has 20 heteroatoms. The molecule has 1 saturated heterocycles. The molecule has 2 aromatic heterocycles. The summed E-state index contributed by atoms with van der Waals surface area (Å²) in [6, 6.07) is 3.72. The SMILES string of the molecule is CC(C)(C)NC[C@@H](COc1nsnc1N1CCOCC1)OC(=O)CCCC(=O)N1CCN=C1Nc1ccc2nccnc2c1Br.O=C(O)/C=C\C(=O)O. The minimum Gasteiger partial charge on any atom is -0.478 e. The van der Waals surface area contributed by atoms with Crippen molar-refractivity contribution in [1.82, 2.24) is 28.9 Å². The number of fused-ring (bicyclic) bond motifs is 1. The fraction of sp³-hybridized carbons (Fsp3) is 0.485. The highest BCUT2D eigenvalue weighted by atomic mass is 79.9. The molecule has 0 bridgehead atoms. The van der Waals surface area contributed by atoms with E-state index in [0.717, 1.165) is 27.4 Å². The second-order valence-electron chi connectivity index (χ2n) is 12.6. The number of esters is 1. The highest BCUT2D eigenvalue weighted by Crippen LogP contribution is 2.30. The second kappa shape index (κ2) is 19.9. The zero-order valence-corrected chi connectivity index (χ0v) is 31.9. The summed E-state index contributed by atoms with van der Waals surface area (Å²) in [6.07, 6.45) is 4.43. The van der Waals surface area contributed by atoms with Crippen LogP contribution in [0.2, 0.25) is 0 Å². The number of morpholine rings is 1. The third-order valence-corrected chi connectivity index (χ3v) is 8.73. The Morgan fingerprint density at radius 3 is 2.45 bits per heavy atom. The first kappa shape index (κ1) is 41.0. The molecule has 4 N–H and O–H groups in total. The molecule has 1 amide bonds. The molecule has 0 aliphatic carbocycles. The average Bonchev–Trinajstić information content (AvgIpc) is 3.80. The van der Waals surface area contributed by atoms with E-state index in [2.05, 4.69) is 55.2 Å². The number of anilines is 2. The van der Waals surface area contributed by atoms with Gasteiger partial charge in [0.1, 0.15) is 18.2 Å². The summed E-state index contributed by atoms with van der Waals surface area (Å²) in [4.78, 5) is 62.0. The zero-order valence-electron chi connectivity index (χ0n) is 29.5. The number of guanidine groups is 1. The van der Waals surface area contributed by atoms with Gasteiger partial charge in [0.2, 0.25) is 17.7 Å². The van der Waals surface area contributed by atoms with Crippen LogP contribution in [0.4, 0.5) is 11.5 Å². The molecule has 286 valence electrons. The molecular weight excluding hydrogens is 778 g/mol. The molecule has 5 rings (SSSR count). The number of nitrogens with zero attached hydrogens (tertiary/aromatic N) is 7. The molecule has 0 radical (unpaired) electrons. The van der Waals surface area contributed by atoms with Gasteiger partial charge in [-0.2, -0.15) is 4.37 Å². The van der Waals surface area contributed by atoms with E-state index < -0.39 is 24.0 Å². The predicted molar refractivity (Wildman–Crippen MR) is 199 cm³/mol. The Kier molecular flexibility index (Phi) is 15.4. The molecule has 2 aliphatic heterocycles. The number of nitrogens with one attached hydrogen (secondary N) is 2. The molecule has 0 saturated carbocycles. The number of rotatable bonds is 14. The molecule has 0 spiro atoms. The number of amides is 1. The number of aromatic nitrogens is 4. The monoisotopic (exact) mass is 819 g/mol. The molecule has 1 fully saturated rings. The van der Waals surface area contributed by atoms with Gasteiger partial charge in [-0.15, -0.1) is 4.37 Å². The van der Waals surface area contributed by atoms with Crippen LogP contribution < -0.4 is 20.3 Å². The van der Waals surface area contributed by atoms with Crippen LogP contribution in [0.25, 0.3) is 11.0 Å². The van der Waals surface area contributed by atoms with E-state index >= 15 is 0 Å². The van der Waals surface area contributed by atoms with Crippen LogP contribution in [0, 0.1) is 0 Å². The number of aliphatic imine (C=N–C) groups is 1. The maximum Gasteiger partial charge on any atom is 0.328 e. The van der Waals surface area contributed by atoms with E-state index in [4.69, 9.17) is 24.4 Å². The van der Waals surface area contributed by atoms with E-state index in [-0.39, 0.29) is 30.9 Å². The molecule has 3 aromatic rings. The number of carboxylic acid groups (broad SMARTS) is 2. The lowest BCUT2D eigenvalue weighted by atomic mass is 10.1. The van der Waals surface area contributed by atoms with Crippen LogP contribution in [-0.4, -0.2) is 128 Å². The fourth-order valence-corrected chi connectivity index (χ4v) is 5.94. The number of carbonyl (C=O) groups is 4. The number of halogens is 1. The van der Waals surface area contributed by atoms with Gasteiger partial charge in [0.15, 0.2) is 0 Å². The minimum absolute atomic E-state index is 0.0949. The number of hydrogen-bond donors (Lipinski definition) is 4. The third-order valence-electron chi connectivity index (χ3n) is 7.42. The van der Waals surface area contributed by atoms with Crippen molar-refractivity contribution in [3.8, 4) is 5.88 Å². The number of aliphatic carboxylic acids is 2. The van der Waals surface area contributed by atoms with Crippen LogP contribution in [0.3, 0.4) is 0 Å². The van der Waals surface area contributed by atoms with Gasteiger partial charge in [-0.3, -0.25) is 29.4 Å². The first-order valence-electron chi connectivity index (χ1n) is 16.7. The maximum atomic E-state index is 13.1. The van der Waals surface area contributed by atoms with Crippen molar-refractivity contribution in [2.24, 2.45) is 4.99 Å². The summed E-state index contributed by atoms with van der Waals surface area (Å²) in [5.41, 5.74) is 2.01. The lowest BCUT2D eigenvalue weighted by Gasteiger charge is -2.27. The Balaban J connectivity index is 0.000000703. The van der Waals surface area contributed by atoms with Crippen LogP contribution in [-0.2, 0) is 28.7 Å². The first-order chi connectivity index (χ1) is 25.3. The Morgan fingerprint density at radius 1 is 1.04 bits per heavy atom. The molecule has 2 aliphatic rings.